The monoisotopic (exact) mass is 698 g/mol. The minimum absolute atomic E-state index is 0.00178. The molecule has 2 unspecified atom stereocenters. The van der Waals surface area contributed by atoms with E-state index in [0.29, 0.717) is 19.4 Å². The number of aliphatic hydroxyl groups is 2. The Labute approximate surface area is 302 Å². The number of carbonyl (C=O) groups excluding carboxylic acids is 1. The number of aromatic amines is 2. The van der Waals surface area contributed by atoms with Crippen LogP contribution in [-0.4, -0.2) is 52.2 Å². The molecule has 2 aromatic heterocycles. The number of ether oxygens (including phenoxy) is 2. The standard InChI is InChI=1S/C42H58N4O5/c1-10-13-21(4)16-17-51-35(47)15-14-28-24(7)31-18-29-22(5)26(11-2)33(43-29)19-30-23(6)27(12-3)34(44-30)20-32-25(8)36-40(46-32)37(39(28)45-31)38(41(36)48)42(49)50-9/h16,18-20,24,26,28,35,38-39,41,43-48H,10-15,17H2,1-9H3/b21-16+,31-18-,32-20-,33-19-/t24-,26+,28-,35?,38+,39?,41+/m0/s1. The second kappa shape index (κ2) is 15.1. The molecule has 1 fully saturated rings. The van der Waals surface area contributed by atoms with Gasteiger partial charge >= 0.3 is 5.97 Å². The smallest absolute Gasteiger partial charge is 0.315 e. The quantitative estimate of drug-likeness (QED) is 0.103. The fourth-order valence-corrected chi connectivity index (χ4v) is 9.08. The molecule has 2 aromatic rings. The minimum atomic E-state index is -1.05. The molecule has 0 amide bonds. The number of nitrogens with one attached hydrogen (secondary N) is 4. The van der Waals surface area contributed by atoms with E-state index in [4.69, 9.17) is 9.47 Å². The van der Waals surface area contributed by atoms with Crippen molar-refractivity contribution in [1.82, 2.24) is 20.6 Å². The number of methoxy groups -OCH3 is 1. The van der Waals surface area contributed by atoms with Gasteiger partial charge in [-0.25, -0.2) is 0 Å². The van der Waals surface area contributed by atoms with E-state index in [2.05, 4.69) is 87.3 Å². The number of rotatable bonds is 11. The number of aromatic nitrogens is 2. The number of hydrogen-bond acceptors (Lipinski definition) is 7. The van der Waals surface area contributed by atoms with E-state index in [-0.39, 0.29) is 23.8 Å². The Morgan fingerprint density at radius 2 is 1.80 bits per heavy atom. The van der Waals surface area contributed by atoms with Crippen LogP contribution in [0.1, 0.15) is 113 Å². The summed E-state index contributed by atoms with van der Waals surface area (Å²) in [5.41, 5.74) is 12.9. The predicted molar refractivity (Wildman–Crippen MR) is 202 cm³/mol. The van der Waals surface area contributed by atoms with Crippen LogP contribution in [0.25, 0.3) is 17.7 Å². The SMILES string of the molecule is CCC/C(C)=C/COC(O)CC[C@@H]1C2N/C(=C\C3=C(C)[C@@H](CC)/C(=C/c4[nH]c(c(CC)c4C)/C=c4\[nH]c5c(c4C)[C@@H](O)[C@H](C(=O)OC)C=52)N3)[C@H]1C. The highest BCUT2D eigenvalue weighted by Gasteiger charge is 2.49. The molecule has 9 heteroatoms. The van der Waals surface area contributed by atoms with Gasteiger partial charge in [-0.2, -0.15) is 0 Å². The Morgan fingerprint density at radius 3 is 2.49 bits per heavy atom. The van der Waals surface area contributed by atoms with Crippen molar-refractivity contribution in [3.05, 3.63) is 84.7 Å². The van der Waals surface area contributed by atoms with Gasteiger partial charge in [0.15, 0.2) is 6.29 Å². The Morgan fingerprint density at radius 1 is 1.04 bits per heavy atom. The highest BCUT2D eigenvalue weighted by atomic mass is 16.6. The summed E-state index contributed by atoms with van der Waals surface area (Å²) in [6, 6.07) is -0.297. The molecule has 0 radical (unpaired) electrons. The molecule has 1 aliphatic carbocycles. The van der Waals surface area contributed by atoms with E-state index in [9.17, 15) is 15.0 Å². The van der Waals surface area contributed by atoms with Gasteiger partial charge < -0.3 is 40.3 Å². The number of H-pyrrole nitrogens is 2. The lowest BCUT2D eigenvalue weighted by Gasteiger charge is -2.28. The highest BCUT2D eigenvalue weighted by molar-refractivity contribution is 5.88. The molecular formula is C42H58N4O5. The minimum Gasteiger partial charge on any atom is -0.468 e. The van der Waals surface area contributed by atoms with Gasteiger partial charge in [0.25, 0.3) is 0 Å². The fraction of sp³-hybridized carbons (Fsp3) is 0.548. The van der Waals surface area contributed by atoms with Crippen molar-refractivity contribution in [3.63, 3.8) is 0 Å². The number of esters is 1. The van der Waals surface area contributed by atoms with Crippen molar-refractivity contribution >= 4 is 23.7 Å². The zero-order chi connectivity index (χ0) is 36.7. The van der Waals surface area contributed by atoms with E-state index in [1.54, 1.807) is 0 Å². The first-order valence-corrected chi connectivity index (χ1v) is 19.0. The summed E-state index contributed by atoms with van der Waals surface area (Å²) in [6.07, 6.45) is 11.8. The number of allylic oxidation sites excluding steroid dienone is 4. The number of fused-ring (bicyclic) bond motifs is 8. The van der Waals surface area contributed by atoms with Crippen LogP contribution in [0, 0.1) is 37.5 Å². The first-order valence-electron chi connectivity index (χ1n) is 19.0. The Bertz CT molecular complexity index is 1920. The van der Waals surface area contributed by atoms with Gasteiger partial charge in [0.2, 0.25) is 0 Å². The summed E-state index contributed by atoms with van der Waals surface area (Å²) in [4.78, 5) is 21.0. The van der Waals surface area contributed by atoms with Gasteiger partial charge in [0, 0.05) is 56.6 Å². The summed E-state index contributed by atoms with van der Waals surface area (Å²) >= 11 is 0. The van der Waals surface area contributed by atoms with Crippen molar-refractivity contribution in [3.8, 4) is 0 Å². The predicted octanol–water partition coefficient (Wildman–Crippen LogP) is 5.57. The van der Waals surface area contributed by atoms with Gasteiger partial charge in [0.05, 0.1) is 25.9 Å². The maximum Gasteiger partial charge on any atom is 0.315 e. The maximum atomic E-state index is 13.6. The van der Waals surface area contributed by atoms with Gasteiger partial charge in [-0.1, -0.05) is 45.8 Å². The average Bonchev–Trinajstić information content (AvgIpc) is 3.84. The molecule has 3 aliphatic heterocycles. The van der Waals surface area contributed by atoms with Gasteiger partial charge in [-0.15, -0.1) is 0 Å². The van der Waals surface area contributed by atoms with Crippen molar-refractivity contribution in [2.45, 2.75) is 112 Å². The fourth-order valence-electron chi connectivity index (χ4n) is 9.08. The van der Waals surface area contributed by atoms with Crippen molar-refractivity contribution < 1.29 is 24.5 Å². The topological polar surface area (TPSA) is 132 Å². The first kappa shape index (κ1) is 37.0. The van der Waals surface area contributed by atoms with E-state index in [0.717, 1.165) is 75.9 Å². The van der Waals surface area contributed by atoms with Gasteiger partial charge in [0.1, 0.15) is 5.92 Å². The molecular weight excluding hydrogens is 640 g/mol. The van der Waals surface area contributed by atoms with Crippen LogP contribution < -0.4 is 21.3 Å². The van der Waals surface area contributed by atoms with E-state index >= 15 is 0 Å². The summed E-state index contributed by atoms with van der Waals surface area (Å²) in [5.74, 6) is -1.000. The van der Waals surface area contributed by atoms with Crippen LogP contribution >= 0.6 is 0 Å². The number of hydrogen-bond donors (Lipinski definition) is 6. The van der Waals surface area contributed by atoms with Crippen molar-refractivity contribution in [2.75, 3.05) is 13.7 Å². The molecule has 0 spiro atoms. The first-order chi connectivity index (χ1) is 24.4. The average molecular weight is 699 g/mol. The summed E-state index contributed by atoms with van der Waals surface area (Å²) < 4.78 is 11.2. The summed E-state index contributed by atoms with van der Waals surface area (Å²) in [7, 11) is 1.38. The summed E-state index contributed by atoms with van der Waals surface area (Å²) in [6.45, 7) is 17.7. The summed E-state index contributed by atoms with van der Waals surface area (Å²) in [5, 5.41) is 32.2. The molecule has 1 saturated heterocycles. The normalized spacial score (nSPS) is 28.8. The number of aliphatic hydroxyl groups excluding tert-OH is 2. The molecule has 276 valence electrons. The lowest BCUT2D eigenvalue weighted by molar-refractivity contribution is -0.146. The van der Waals surface area contributed by atoms with Gasteiger partial charge in [-0.05, 0) is 112 Å². The highest BCUT2D eigenvalue weighted by Crippen LogP contribution is 2.45. The van der Waals surface area contributed by atoms with E-state index in [1.165, 1.54) is 35.1 Å². The largest absolute Gasteiger partial charge is 0.468 e. The zero-order valence-corrected chi connectivity index (χ0v) is 31.9. The Kier molecular flexibility index (Phi) is 10.9. The third-order valence-electron chi connectivity index (χ3n) is 12.1. The number of carbonyl (C=O) groups is 1. The molecule has 4 aliphatic rings. The van der Waals surface area contributed by atoms with E-state index < -0.39 is 24.3 Å². The molecule has 51 heavy (non-hydrogen) atoms. The van der Waals surface area contributed by atoms with Crippen LogP contribution in [-0.2, 0) is 20.7 Å². The molecule has 7 atom stereocenters. The van der Waals surface area contributed by atoms with Crippen LogP contribution in [0.3, 0.4) is 0 Å². The second-order valence-corrected chi connectivity index (χ2v) is 15.0. The molecule has 6 N–H and O–H groups in total. The molecule has 0 aromatic carbocycles. The Balaban J connectivity index is 1.52. The van der Waals surface area contributed by atoms with Crippen LogP contribution in [0.2, 0.25) is 0 Å². The lowest BCUT2D eigenvalue weighted by atomic mass is 9.80. The Hall–Kier alpha value is -3.79. The lowest BCUT2D eigenvalue weighted by Crippen LogP contribution is -2.37. The molecule has 0 saturated carbocycles. The third kappa shape index (κ3) is 6.69. The zero-order valence-electron chi connectivity index (χ0n) is 31.9. The second-order valence-electron chi connectivity index (χ2n) is 15.0. The molecule has 8 bridgehead atoms. The van der Waals surface area contributed by atoms with Crippen LogP contribution in [0.15, 0.2) is 40.4 Å². The van der Waals surface area contributed by atoms with Gasteiger partial charge in [-0.3, -0.25) is 4.79 Å². The molecule has 6 rings (SSSR count). The van der Waals surface area contributed by atoms with E-state index in [1.807, 2.05) is 13.0 Å². The van der Waals surface area contributed by atoms with Crippen molar-refractivity contribution in [2.24, 2.45) is 23.7 Å². The van der Waals surface area contributed by atoms with Crippen LogP contribution in [0.5, 0.6) is 0 Å². The maximum absolute atomic E-state index is 13.6. The van der Waals surface area contributed by atoms with Crippen molar-refractivity contribution in [1.29, 1.82) is 0 Å². The van der Waals surface area contributed by atoms with Crippen LogP contribution in [0.4, 0.5) is 0 Å². The molecule has 9 nitrogen and oxygen atoms in total. The third-order valence-corrected chi connectivity index (χ3v) is 12.1. The molecule has 5 heterocycles.